The van der Waals surface area contributed by atoms with Gasteiger partial charge in [0.05, 0.1) is 11.5 Å². The number of halogens is 1. The molecule has 2 rings (SSSR count). The monoisotopic (exact) mass is 343 g/mol. The molecule has 2 heterocycles. The molecule has 0 unspecified atom stereocenters. The minimum absolute atomic E-state index is 0.0925. The molecule has 118 valence electrons. The van der Waals surface area contributed by atoms with Gasteiger partial charge in [0.25, 0.3) is 0 Å². The van der Waals surface area contributed by atoms with Gasteiger partial charge in [0.2, 0.25) is 0 Å². The van der Waals surface area contributed by atoms with E-state index in [-0.39, 0.29) is 6.61 Å². The van der Waals surface area contributed by atoms with Crippen molar-refractivity contribution in [3.05, 3.63) is 49.9 Å². The summed E-state index contributed by atoms with van der Waals surface area (Å²) in [6.45, 7) is 2.73. The van der Waals surface area contributed by atoms with Gasteiger partial charge in [0.15, 0.2) is 5.03 Å². The van der Waals surface area contributed by atoms with Gasteiger partial charge in [-0.05, 0) is 18.6 Å². The summed E-state index contributed by atoms with van der Waals surface area (Å²) in [5.41, 5.74) is 0.349. The molecule has 0 aliphatic carbocycles. The van der Waals surface area contributed by atoms with Gasteiger partial charge in [-0.15, -0.1) is 0 Å². The fourth-order valence-electron chi connectivity index (χ4n) is 1.97. The molecule has 1 aliphatic heterocycles. The number of pyridine rings is 1. The van der Waals surface area contributed by atoms with Crippen LogP contribution in [-0.4, -0.2) is 39.7 Å². The zero-order valence-corrected chi connectivity index (χ0v) is 13.4. The molecule has 1 aromatic heterocycles. The first kappa shape index (κ1) is 16.6. The van der Waals surface area contributed by atoms with E-state index in [4.69, 9.17) is 16.3 Å². The van der Waals surface area contributed by atoms with Gasteiger partial charge in [-0.3, -0.25) is 10.1 Å². The average molecular weight is 344 g/mol. The van der Waals surface area contributed by atoms with Crippen LogP contribution in [0.25, 0.3) is 0 Å². The maximum absolute atomic E-state index is 11.8. The van der Waals surface area contributed by atoms with Crippen molar-refractivity contribution < 1.29 is 14.5 Å². The van der Waals surface area contributed by atoms with Crippen LogP contribution in [0.3, 0.4) is 0 Å². The standard InChI is InChI=1S/C13H14ClN3O4S/c1-2-21-13(18)11(17(19)20)12-16(5-6-22-12)8-9-3-4-10(14)15-7-9/h3-4,7H,2,5-6,8H2,1H3. The third kappa shape index (κ3) is 3.89. The minimum Gasteiger partial charge on any atom is -0.458 e. The molecule has 1 aliphatic rings. The fourth-order valence-corrected chi connectivity index (χ4v) is 3.22. The molecule has 22 heavy (non-hydrogen) atoms. The van der Waals surface area contributed by atoms with E-state index in [0.717, 1.165) is 5.56 Å². The highest BCUT2D eigenvalue weighted by atomic mass is 35.5. The minimum atomic E-state index is -0.906. The quantitative estimate of drug-likeness (QED) is 0.266. The van der Waals surface area contributed by atoms with E-state index in [2.05, 4.69) is 4.98 Å². The van der Waals surface area contributed by atoms with Crippen molar-refractivity contribution in [2.24, 2.45) is 0 Å². The zero-order valence-electron chi connectivity index (χ0n) is 11.8. The maximum Gasteiger partial charge on any atom is 0.412 e. The number of aromatic nitrogens is 1. The second kappa shape index (κ2) is 7.46. The number of nitro groups is 1. The molecular formula is C13H14ClN3O4S. The van der Waals surface area contributed by atoms with Crippen LogP contribution >= 0.6 is 23.4 Å². The summed E-state index contributed by atoms with van der Waals surface area (Å²) < 4.78 is 4.78. The number of hydrogen-bond acceptors (Lipinski definition) is 7. The summed E-state index contributed by atoms with van der Waals surface area (Å²) in [4.78, 5) is 28.1. The molecule has 0 radical (unpaired) electrons. The van der Waals surface area contributed by atoms with Crippen molar-refractivity contribution in [1.82, 2.24) is 9.88 Å². The second-order valence-corrected chi connectivity index (χ2v) is 5.86. The van der Waals surface area contributed by atoms with Gasteiger partial charge >= 0.3 is 11.7 Å². The number of rotatable bonds is 5. The van der Waals surface area contributed by atoms with Crippen LogP contribution in [-0.2, 0) is 16.1 Å². The lowest BCUT2D eigenvalue weighted by molar-refractivity contribution is -0.422. The topological polar surface area (TPSA) is 85.6 Å². The lowest BCUT2D eigenvalue weighted by Crippen LogP contribution is -2.24. The highest BCUT2D eigenvalue weighted by molar-refractivity contribution is 8.03. The second-order valence-electron chi connectivity index (χ2n) is 4.39. The molecule has 1 aromatic rings. The van der Waals surface area contributed by atoms with Crippen molar-refractivity contribution in [1.29, 1.82) is 0 Å². The van der Waals surface area contributed by atoms with Gasteiger partial charge in [-0.25, -0.2) is 9.78 Å². The molecule has 0 N–H and O–H groups in total. The number of nitrogens with zero attached hydrogens (tertiary/aromatic N) is 3. The Kier molecular flexibility index (Phi) is 5.62. The Morgan fingerprint density at radius 3 is 2.95 bits per heavy atom. The highest BCUT2D eigenvalue weighted by Gasteiger charge is 2.35. The molecular weight excluding hydrogens is 330 g/mol. The number of thioether (sulfide) groups is 1. The number of ether oxygens (including phenoxy) is 1. The number of carbonyl (C=O) groups is 1. The van der Waals surface area contributed by atoms with E-state index in [9.17, 15) is 14.9 Å². The first-order chi connectivity index (χ1) is 10.5. The average Bonchev–Trinajstić information content (AvgIpc) is 2.89. The number of hydrogen-bond donors (Lipinski definition) is 0. The molecule has 0 aromatic carbocycles. The van der Waals surface area contributed by atoms with Crippen molar-refractivity contribution in [3.8, 4) is 0 Å². The Balaban J connectivity index is 2.26. The SMILES string of the molecule is CCOC(=O)C(=C1SCCN1Cc1ccc(Cl)nc1)[N+](=O)[O-]. The lowest BCUT2D eigenvalue weighted by atomic mass is 10.2. The van der Waals surface area contributed by atoms with Crippen LogP contribution in [0.5, 0.6) is 0 Å². The summed E-state index contributed by atoms with van der Waals surface area (Å²) >= 11 is 7.02. The summed E-state index contributed by atoms with van der Waals surface area (Å²) in [7, 11) is 0. The summed E-state index contributed by atoms with van der Waals surface area (Å²) in [5, 5.41) is 11.9. The molecule has 0 spiro atoms. The molecule has 0 bridgehead atoms. The fraction of sp³-hybridized carbons (Fsp3) is 0.385. The van der Waals surface area contributed by atoms with E-state index in [1.54, 1.807) is 30.2 Å². The molecule has 0 saturated carbocycles. The molecule has 7 nitrogen and oxygen atoms in total. The molecule has 1 fully saturated rings. The van der Waals surface area contributed by atoms with Crippen LogP contribution in [0.1, 0.15) is 12.5 Å². The Morgan fingerprint density at radius 1 is 1.59 bits per heavy atom. The van der Waals surface area contributed by atoms with E-state index in [1.165, 1.54) is 11.8 Å². The van der Waals surface area contributed by atoms with Crippen LogP contribution in [0.15, 0.2) is 29.1 Å². The Bertz CT molecular complexity index is 606. The van der Waals surface area contributed by atoms with Gasteiger partial charge < -0.3 is 9.64 Å². The Labute approximate surface area is 136 Å². The first-order valence-corrected chi connectivity index (χ1v) is 7.93. The van der Waals surface area contributed by atoms with Gasteiger partial charge in [-0.2, -0.15) is 0 Å². The lowest BCUT2D eigenvalue weighted by Gasteiger charge is -2.18. The highest BCUT2D eigenvalue weighted by Crippen LogP contribution is 2.32. The summed E-state index contributed by atoms with van der Waals surface area (Å²) in [5.74, 6) is -0.233. The van der Waals surface area contributed by atoms with Crippen molar-refractivity contribution in [2.45, 2.75) is 13.5 Å². The zero-order chi connectivity index (χ0) is 16.1. The molecule has 1 saturated heterocycles. The molecule has 0 amide bonds. The largest absolute Gasteiger partial charge is 0.458 e. The van der Waals surface area contributed by atoms with Crippen LogP contribution in [0.4, 0.5) is 0 Å². The van der Waals surface area contributed by atoms with E-state index in [1.807, 2.05) is 0 Å². The summed E-state index contributed by atoms with van der Waals surface area (Å²) in [6.07, 6.45) is 1.61. The van der Waals surface area contributed by atoms with E-state index >= 15 is 0 Å². The van der Waals surface area contributed by atoms with E-state index in [0.29, 0.717) is 29.0 Å². The van der Waals surface area contributed by atoms with E-state index < -0.39 is 16.6 Å². The Hall–Kier alpha value is -1.80. The molecule has 0 atom stereocenters. The van der Waals surface area contributed by atoms with Crippen molar-refractivity contribution >= 4 is 29.3 Å². The normalized spacial score (nSPS) is 16.5. The Morgan fingerprint density at radius 2 is 2.36 bits per heavy atom. The maximum atomic E-state index is 11.8. The number of carbonyl (C=O) groups excluding carboxylic acids is 1. The van der Waals surface area contributed by atoms with Crippen LogP contribution in [0.2, 0.25) is 5.15 Å². The van der Waals surface area contributed by atoms with Gasteiger partial charge in [-0.1, -0.05) is 29.4 Å². The summed E-state index contributed by atoms with van der Waals surface area (Å²) in [6, 6.07) is 3.45. The third-order valence-corrected chi connectivity index (χ3v) is 4.24. The predicted molar refractivity (Wildman–Crippen MR) is 82.8 cm³/mol. The predicted octanol–water partition coefficient (Wildman–Crippen LogP) is 2.29. The first-order valence-electron chi connectivity index (χ1n) is 6.57. The van der Waals surface area contributed by atoms with Gasteiger partial charge in [0, 0.05) is 25.0 Å². The smallest absolute Gasteiger partial charge is 0.412 e. The van der Waals surface area contributed by atoms with Crippen molar-refractivity contribution in [2.75, 3.05) is 18.9 Å². The van der Waals surface area contributed by atoms with Crippen molar-refractivity contribution in [3.63, 3.8) is 0 Å². The van der Waals surface area contributed by atoms with Crippen LogP contribution in [0, 0.1) is 10.1 Å². The third-order valence-electron chi connectivity index (χ3n) is 2.90. The molecule has 9 heteroatoms. The van der Waals surface area contributed by atoms with Gasteiger partial charge in [0.1, 0.15) is 5.15 Å². The van der Waals surface area contributed by atoms with Crippen LogP contribution < -0.4 is 0 Å². The number of esters is 1.